The molecule has 0 saturated carbocycles. The van der Waals surface area contributed by atoms with Gasteiger partial charge in [-0.05, 0) is 18.4 Å². The number of halogens is 1. The van der Waals surface area contributed by atoms with Crippen LogP contribution in [0.5, 0.6) is 0 Å². The molecule has 110 valence electrons. The molecule has 0 aliphatic carbocycles. The number of aromatic carboxylic acids is 1. The van der Waals surface area contributed by atoms with Gasteiger partial charge < -0.3 is 10.4 Å². The Morgan fingerprint density at radius 2 is 2.00 bits per heavy atom. The average molecular weight is 284 g/mol. The molecule has 0 aromatic heterocycles. The van der Waals surface area contributed by atoms with Gasteiger partial charge in [-0.25, -0.2) is 9.18 Å². The fourth-order valence-electron chi connectivity index (χ4n) is 1.45. The van der Waals surface area contributed by atoms with E-state index in [1.54, 1.807) is 0 Å². The summed E-state index contributed by atoms with van der Waals surface area (Å²) in [6.45, 7) is 7.63. The van der Waals surface area contributed by atoms with Crippen molar-refractivity contribution < 1.29 is 19.2 Å². The molecule has 0 fully saturated rings. The highest BCUT2D eigenvalue weighted by atomic mass is 19.1. The van der Waals surface area contributed by atoms with E-state index < -0.39 is 28.0 Å². The van der Waals surface area contributed by atoms with E-state index in [2.05, 4.69) is 5.32 Å². The number of benzene rings is 1. The van der Waals surface area contributed by atoms with Crippen LogP contribution in [0.1, 0.15) is 38.1 Å². The monoisotopic (exact) mass is 284 g/mol. The Hall–Kier alpha value is -2.18. The van der Waals surface area contributed by atoms with Gasteiger partial charge >= 0.3 is 5.97 Å². The molecule has 1 unspecified atom stereocenters. The predicted molar refractivity (Wildman–Crippen MR) is 72.6 cm³/mol. The van der Waals surface area contributed by atoms with Crippen LogP contribution in [0.25, 0.3) is 0 Å². The Morgan fingerprint density at radius 1 is 1.45 bits per heavy atom. The van der Waals surface area contributed by atoms with Crippen LogP contribution in [0.4, 0.5) is 15.8 Å². The van der Waals surface area contributed by atoms with Crippen LogP contribution in [0.3, 0.4) is 0 Å². The van der Waals surface area contributed by atoms with Gasteiger partial charge in [-0.1, -0.05) is 20.8 Å². The maximum Gasteiger partial charge on any atom is 0.342 e. The highest BCUT2D eigenvalue weighted by Crippen LogP contribution is 2.29. The number of nitrogens with zero attached hydrogens (tertiary/aromatic N) is 1. The number of nitro groups is 1. The summed E-state index contributed by atoms with van der Waals surface area (Å²) in [6, 6.07) is 1.43. The van der Waals surface area contributed by atoms with E-state index in [4.69, 9.17) is 5.11 Å². The molecule has 0 heterocycles. The van der Waals surface area contributed by atoms with Crippen LogP contribution in [0.15, 0.2) is 12.1 Å². The number of hydrogen-bond donors (Lipinski definition) is 2. The molecule has 1 aromatic carbocycles. The number of carboxylic acid groups (broad SMARTS) is 1. The molecule has 1 atom stereocenters. The fourth-order valence-corrected chi connectivity index (χ4v) is 1.45. The zero-order chi connectivity index (χ0) is 15.7. The third-order valence-corrected chi connectivity index (χ3v) is 3.18. The number of hydrogen-bond acceptors (Lipinski definition) is 4. The first-order chi connectivity index (χ1) is 9.04. The number of carboxylic acids is 1. The van der Waals surface area contributed by atoms with Crippen molar-refractivity contribution in [2.24, 2.45) is 5.41 Å². The van der Waals surface area contributed by atoms with Crippen LogP contribution in [-0.4, -0.2) is 22.0 Å². The molecule has 1 aromatic rings. The molecule has 6 nitrogen and oxygen atoms in total. The SMILES string of the molecule is CC(Nc1cc(C(=O)O)c([N+](=O)[O-])cc1F)C(C)(C)C. The van der Waals surface area contributed by atoms with E-state index in [1.807, 2.05) is 27.7 Å². The van der Waals surface area contributed by atoms with Gasteiger partial charge in [-0.15, -0.1) is 0 Å². The second-order valence-electron chi connectivity index (χ2n) is 5.64. The number of nitrogens with one attached hydrogen (secondary N) is 1. The normalized spacial score (nSPS) is 12.8. The quantitative estimate of drug-likeness (QED) is 0.653. The van der Waals surface area contributed by atoms with Gasteiger partial charge in [0.25, 0.3) is 5.69 Å². The molecule has 20 heavy (non-hydrogen) atoms. The lowest BCUT2D eigenvalue weighted by molar-refractivity contribution is -0.385. The molecule has 0 aliphatic heterocycles. The first-order valence-electron chi connectivity index (χ1n) is 6.01. The fraction of sp³-hybridized carbons (Fsp3) is 0.462. The summed E-state index contributed by atoms with van der Waals surface area (Å²) < 4.78 is 13.8. The predicted octanol–water partition coefficient (Wildman–Crippen LogP) is 3.28. The van der Waals surface area contributed by atoms with E-state index >= 15 is 0 Å². The van der Waals surface area contributed by atoms with Gasteiger partial charge in [0.15, 0.2) is 5.82 Å². The van der Waals surface area contributed by atoms with Gasteiger partial charge in [0, 0.05) is 6.04 Å². The topological polar surface area (TPSA) is 92.5 Å². The molecule has 0 spiro atoms. The number of nitro benzene ring substituents is 1. The second-order valence-corrected chi connectivity index (χ2v) is 5.64. The minimum Gasteiger partial charge on any atom is -0.477 e. The van der Waals surface area contributed by atoms with Crippen LogP contribution in [0.2, 0.25) is 0 Å². The summed E-state index contributed by atoms with van der Waals surface area (Å²) in [7, 11) is 0. The summed E-state index contributed by atoms with van der Waals surface area (Å²) in [5.74, 6) is -2.32. The highest BCUT2D eigenvalue weighted by Gasteiger charge is 2.26. The molecular weight excluding hydrogens is 267 g/mol. The van der Waals surface area contributed by atoms with Gasteiger partial charge in [-0.3, -0.25) is 10.1 Å². The number of carbonyl (C=O) groups is 1. The van der Waals surface area contributed by atoms with E-state index in [9.17, 15) is 19.3 Å². The Morgan fingerprint density at radius 3 is 2.40 bits per heavy atom. The van der Waals surface area contributed by atoms with Gasteiger partial charge in [0.05, 0.1) is 16.7 Å². The summed E-state index contributed by atoms with van der Waals surface area (Å²) >= 11 is 0. The van der Waals surface area contributed by atoms with Crippen molar-refractivity contribution in [3.63, 3.8) is 0 Å². The molecule has 1 rings (SSSR count). The van der Waals surface area contributed by atoms with E-state index in [0.717, 1.165) is 6.07 Å². The lowest BCUT2D eigenvalue weighted by Crippen LogP contribution is -2.31. The maximum absolute atomic E-state index is 13.8. The lowest BCUT2D eigenvalue weighted by atomic mass is 9.88. The summed E-state index contributed by atoms with van der Waals surface area (Å²) in [4.78, 5) is 20.8. The smallest absolute Gasteiger partial charge is 0.342 e. The average Bonchev–Trinajstić information content (AvgIpc) is 2.29. The molecule has 0 radical (unpaired) electrons. The number of rotatable bonds is 4. The Bertz CT molecular complexity index is 552. The second kappa shape index (κ2) is 5.44. The standard InChI is InChI=1S/C13H17FN2O4/c1-7(13(2,3)4)15-10-5-8(12(17)18)11(16(19)20)6-9(10)14/h5-7,15H,1-4H3,(H,17,18). The van der Waals surface area contributed by atoms with E-state index in [1.165, 1.54) is 0 Å². The van der Waals surface area contributed by atoms with Crippen LogP contribution in [0, 0.1) is 21.3 Å². The van der Waals surface area contributed by atoms with Crippen molar-refractivity contribution in [2.45, 2.75) is 33.7 Å². The van der Waals surface area contributed by atoms with Crippen LogP contribution < -0.4 is 5.32 Å². The molecule has 7 heteroatoms. The van der Waals surface area contributed by atoms with Crippen LogP contribution in [-0.2, 0) is 0 Å². The molecule has 0 bridgehead atoms. The van der Waals surface area contributed by atoms with Crippen LogP contribution >= 0.6 is 0 Å². The molecule has 0 aliphatic rings. The van der Waals surface area contributed by atoms with Crippen molar-refractivity contribution >= 4 is 17.3 Å². The zero-order valence-electron chi connectivity index (χ0n) is 11.7. The zero-order valence-corrected chi connectivity index (χ0v) is 11.7. The first kappa shape index (κ1) is 15.9. The molecule has 2 N–H and O–H groups in total. The third-order valence-electron chi connectivity index (χ3n) is 3.18. The first-order valence-corrected chi connectivity index (χ1v) is 6.01. The van der Waals surface area contributed by atoms with Crippen molar-refractivity contribution in [2.75, 3.05) is 5.32 Å². The minimum absolute atomic E-state index is 0.0598. The van der Waals surface area contributed by atoms with Crippen molar-refractivity contribution in [1.29, 1.82) is 0 Å². The van der Waals surface area contributed by atoms with Crippen molar-refractivity contribution in [3.8, 4) is 0 Å². The van der Waals surface area contributed by atoms with Crippen molar-refractivity contribution in [3.05, 3.63) is 33.6 Å². The third kappa shape index (κ3) is 3.43. The summed E-state index contributed by atoms with van der Waals surface area (Å²) in [5, 5.41) is 22.5. The molecule has 0 amide bonds. The highest BCUT2D eigenvalue weighted by molar-refractivity contribution is 5.93. The van der Waals surface area contributed by atoms with Gasteiger partial charge in [0.1, 0.15) is 5.56 Å². The summed E-state index contributed by atoms with van der Waals surface area (Å²) in [5.41, 5.74) is -1.54. The van der Waals surface area contributed by atoms with E-state index in [-0.39, 0.29) is 17.1 Å². The molecule has 0 saturated heterocycles. The Labute approximate surface area is 115 Å². The van der Waals surface area contributed by atoms with Gasteiger partial charge in [-0.2, -0.15) is 0 Å². The minimum atomic E-state index is -1.47. The van der Waals surface area contributed by atoms with E-state index in [0.29, 0.717) is 6.07 Å². The lowest BCUT2D eigenvalue weighted by Gasteiger charge is -2.29. The summed E-state index contributed by atoms with van der Waals surface area (Å²) in [6.07, 6.45) is 0. The largest absolute Gasteiger partial charge is 0.477 e. The van der Waals surface area contributed by atoms with Crippen molar-refractivity contribution in [1.82, 2.24) is 0 Å². The molecular formula is C13H17FN2O4. The Kier molecular flexibility index (Phi) is 4.32. The van der Waals surface area contributed by atoms with Gasteiger partial charge in [0.2, 0.25) is 0 Å². The Balaban J connectivity index is 3.26. The maximum atomic E-state index is 13.8. The number of anilines is 1.